The molecule has 2 heterocycles. The molecule has 2 fully saturated rings. The fraction of sp³-hybridized carbons (Fsp3) is 0.800. The van der Waals surface area contributed by atoms with Gasteiger partial charge in [0.15, 0.2) is 5.82 Å². The van der Waals surface area contributed by atoms with E-state index in [1.54, 1.807) is 6.92 Å². The van der Waals surface area contributed by atoms with Crippen LogP contribution in [0.2, 0.25) is 0 Å². The van der Waals surface area contributed by atoms with Crippen LogP contribution in [0, 0.1) is 18.8 Å². The highest BCUT2D eigenvalue weighted by molar-refractivity contribution is 5.79. The fourth-order valence-electron chi connectivity index (χ4n) is 3.61. The van der Waals surface area contributed by atoms with Crippen LogP contribution in [0.15, 0.2) is 4.52 Å². The predicted molar refractivity (Wildman–Crippen MR) is 80.8 cm³/mol. The molecule has 0 bridgehead atoms. The lowest BCUT2D eigenvalue weighted by Crippen LogP contribution is -2.50. The Morgan fingerprint density at radius 3 is 2.73 bits per heavy atom. The summed E-state index contributed by atoms with van der Waals surface area (Å²) in [6.45, 7) is 6.40. The highest BCUT2D eigenvalue weighted by atomic mass is 16.5. The van der Waals surface area contributed by atoms with E-state index in [2.05, 4.69) is 15.0 Å². The van der Waals surface area contributed by atoms with Crippen molar-refractivity contribution >= 4 is 5.91 Å². The van der Waals surface area contributed by atoms with E-state index in [-0.39, 0.29) is 5.92 Å². The van der Waals surface area contributed by atoms with Crippen molar-refractivity contribution < 1.29 is 9.32 Å². The molecule has 1 aliphatic heterocycles. The number of aromatic nitrogens is 2. The topological polar surface area (TPSA) is 88.5 Å². The summed E-state index contributed by atoms with van der Waals surface area (Å²) in [4.78, 5) is 21.2. The number of carbonyl (C=O) groups excluding carboxylic acids is 1. The smallest absolute Gasteiger partial charge is 0.226 e. The number of amides is 1. The second-order valence-corrected chi connectivity index (χ2v) is 6.36. The minimum Gasteiger partial charge on any atom is -0.340 e. The maximum Gasteiger partial charge on any atom is 0.226 e. The Morgan fingerprint density at radius 1 is 1.32 bits per heavy atom. The predicted octanol–water partition coefficient (Wildman–Crippen LogP) is 0.397. The largest absolute Gasteiger partial charge is 0.340 e. The number of hydrogen-bond donors (Lipinski definition) is 1. The zero-order valence-corrected chi connectivity index (χ0v) is 13.2. The average Bonchev–Trinajstić information content (AvgIpc) is 3.16. The number of carbonyl (C=O) groups is 1. The first-order valence-corrected chi connectivity index (χ1v) is 8.17. The van der Waals surface area contributed by atoms with Crippen LogP contribution in [0.5, 0.6) is 0 Å². The molecule has 122 valence electrons. The van der Waals surface area contributed by atoms with Crippen molar-refractivity contribution in [3.05, 3.63) is 11.7 Å². The third-order valence-electron chi connectivity index (χ3n) is 4.90. The van der Waals surface area contributed by atoms with Crippen LogP contribution in [0.3, 0.4) is 0 Å². The van der Waals surface area contributed by atoms with Gasteiger partial charge in [0.05, 0.1) is 6.54 Å². The van der Waals surface area contributed by atoms with Crippen molar-refractivity contribution in [1.82, 2.24) is 19.9 Å². The number of nitrogens with zero attached hydrogens (tertiary/aromatic N) is 4. The molecule has 2 atom stereocenters. The summed E-state index contributed by atoms with van der Waals surface area (Å²) < 4.78 is 4.99. The molecule has 0 unspecified atom stereocenters. The molecule has 2 aliphatic rings. The average molecular weight is 307 g/mol. The van der Waals surface area contributed by atoms with E-state index in [4.69, 9.17) is 10.3 Å². The molecule has 1 saturated heterocycles. The van der Waals surface area contributed by atoms with Gasteiger partial charge in [-0.05, 0) is 25.3 Å². The number of aryl methyl sites for hydroxylation is 1. The lowest BCUT2D eigenvalue weighted by atomic mass is 9.94. The summed E-state index contributed by atoms with van der Waals surface area (Å²) in [6.07, 6.45) is 3.24. The molecule has 7 heteroatoms. The minimum absolute atomic E-state index is 0.149. The van der Waals surface area contributed by atoms with Crippen molar-refractivity contribution in [3.63, 3.8) is 0 Å². The zero-order valence-electron chi connectivity index (χ0n) is 13.2. The zero-order chi connectivity index (χ0) is 15.5. The van der Waals surface area contributed by atoms with Crippen LogP contribution in [-0.4, -0.2) is 58.6 Å². The van der Waals surface area contributed by atoms with Crippen LogP contribution in [0.1, 0.15) is 31.0 Å². The Hall–Kier alpha value is -1.47. The van der Waals surface area contributed by atoms with Gasteiger partial charge in [-0.15, -0.1) is 0 Å². The van der Waals surface area contributed by atoms with E-state index >= 15 is 0 Å². The van der Waals surface area contributed by atoms with Gasteiger partial charge in [0.2, 0.25) is 11.8 Å². The van der Waals surface area contributed by atoms with E-state index < -0.39 is 0 Å². The van der Waals surface area contributed by atoms with Gasteiger partial charge in [-0.2, -0.15) is 4.98 Å². The van der Waals surface area contributed by atoms with Gasteiger partial charge in [-0.3, -0.25) is 9.69 Å². The van der Waals surface area contributed by atoms with Crippen LogP contribution >= 0.6 is 0 Å². The van der Waals surface area contributed by atoms with Crippen molar-refractivity contribution in [2.75, 3.05) is 32.7 Å². The van der Waals surface area contributed by atoms with Crippen molar-refractivity contribution in [3.8, 4) is 0 Å². The van der Waals surface area contributed by atoms with Crippen molar-refractivity contribution in [2.24, 2.45) is 17.6 Å². The Bertz CT molecular complexity index is 510. The summed E-state index contributed by atoms with van der Waals surface area (Å²) >= 11 is 0. The SMILES string of the molecule is Cc1nc(CN2CCN(C(=O)[C@@H]3CCC[C@@H]3CN)CC2)no1. The van der Waals surface area contributed by atoms with Crippen molar-refractivity contribution in [2.45, 2.75) is 32.7 Å². The molecule has 0 spiro atoms. The van der Waals surface area contributed by atoms with Gasteiger partial charge < -0.3 is 15.2 Å². The van der Waals surface area contributed by atoms with E-state index in [1.807, 2.05) is 4.90 Å². The van der Waals surface area contributed by atoms with E-state index in [0.29, 0.717) is 30.8 Å². The summed E-state index contributed by atoms with van der Waals surface area (Å²) in [5, 5.41) is 3.93. The summed E-state index contributed by atoms with van der Waals surface area (Å²) in [6, 6.07) is 0. The molecule has 1 saturated carbocycles. The molecule has 0 aromatic carbocycles. The quantitative estimate of drug-likeness (QED) is 0.866. The van der Waals surface area contributed by atoms with Crippen LogP contribution in [-0.2, 0) is 11.3 Å². The number of hydrogen-bond acceptors (Lipinski definition) is 6. The monoisotopic (exact) mass is 307 g/mol. The maximum atomic E-state index is 12.7. The first-order valence-electron chi connectivity index (χ1n) is 8.17. The molecule has 7 nitrogen and oxygen atoms in total. The molecular formula is C15H25N5O2. The standard InChI is InChI=1S/C15H25N5O2/c1-11-17-14(18-22-11)10-19-5-7-20(8-6-19)15(21)13-4-2-3-12(13)9-16/h12-13H,2-10,16H2,1H3/t12-,13-/m1/s1. The third kappa shape index (κ3) is 3.30. The molecule has 22 heavy (non-hydrogen) atoms. The molecule has 2 N–H and O–H groups in total. The van der Waals surface area contributed by atoms with E-state index in [1.165, 1.54) is 0 Å². The molecule has 1 amide bonds. The Morgan fingerprint density at radius 2 is 2.09 bits per heavy atom. The molecule has 0 radical (unpaired) electrons. The van der Waals surface area contributed by atoms with Gasteiger partial charge in [0, 0.05) is 39.0 Å². The second kappa shape index (κ2) is 6.75. The fourth-order valence-corrected chi connectivity index (χ4v) is 3.61. The Balaban J connectivity index is 1.50. The third-order valence-corrected chi connectivity index (χ3v) is 4.90. The van der Waals surface area contributed by atoms with Gasteiger partial charge >= 0.3 is 0 Å². The first-order chi connectivity index (χ1) is 10.7. The number of piperazine rings is 1. The van der Waals surface area contributed by atoms with Gasteiger partial charge in [0.25, 0.3) is 0 Å². The molecule has 1 aromatic heterocycles. The number of nitrogens with two attached hydrogens (primary N) is 1. The minimum atomic E-state index is 0.149. The van der Waals surface area contributed by atoms with Crippen LogP contribution < -0.4 is 5.73 Å². The number of rotatable bonds is 4. The Labute approximate surface area is 130 Å². The van der Waals surface area contributed by atoms with E-state index in [9.17, 15) is 4.79 Å². The summed E-state index contributed by atoms with van der Waals surface area (Å²) in [5.74, 6) is 2.15. The van der Waals surface area contributed by atoms with Crippen LogP contribution in [0.4, 0.5) is 0 Å². The van der Waals surface area contributed by atoms with E-state index in [0.717, 1.165) is 51.3 Å². The maximum absolute atomic E-state index is 12.7. The Kier molecular flexibility index (Phi) is 4.73. The molecular weight excluding hydrogens is 282 g/mol. The molecule has 3 rings (SSSR count). The molecule has 1 aliphatic carbocycles. The van der Waals surface area contributed by atoms with Gasteiger partial charge in [-0.1, -0.05) is 11.6 Å². The first kappa shape index (κ1) is 15.4. The van der Waals surface area contributed by atoms with Gasteiger partial charge in [0.1, 0.15) is 0 Å². The highest BCUT2D eigenvalue weighted by Crippen LogP contribution is 2.32. The van der Waals surface area contributed by atoms with Gasteiger partial charge in [-0.25, -0.2) is 0 Å². The highest BCUT2D eigenvalue weighted by Gasteiger charge is 2.35. The van der Waals surface area contributed by atoms with Crippen LogP contribution in [0.25, 0.3) is 0 Å². The lowest BCUT2D eigenvalue weighted by Gasteiger charge is -2.36. The normalized spacial score (nSPS) is 26.5. The van der Waals surface area contributed by atoms with Crippen molar-refractivity contribution in [1.29, 1.82) is 0 Å². The summed E-state index contributed by atoms with van der Waals surface area (Å²) in [7, 11) is 0. The second-order valence-electron chi connectivity index (χ2n) is 6.36. The lowest BCUT2D eigenvalue weighted by molar-refractivity contribution is -0.138. The molecule has 1 aromatic rings. The summed E-state index contributed by atoms with van der Waals surface area (Å²) in [5.41, 5.74) is 5.80.